The molecular weight excluding hydrogens is 152 g/mol. The Kier molecular flexibility index (Phi) is 5.43. The van der Waals surface area contributed by atoms with Gasteiger partial charge in [-0.3, -0.25) is 0 Å². The van der Waals surface area contributed by atoms with E-state index in [0.29, 0.717) is 5.70 Å². The van der Waals surface area contributed by atoms with Crippen molar-refractivity contribution in [2.45, 2.75) is 13.8 Å². The summed E-state index contributed by atoms with van der Waals surface area (Å²) < 4.78 is 0. The topological polar surface area (TPSA) is 44.6 Å². The predicted molar refractivity (Wildman–Crippen MR) is 52.0 cm³/mol. The minimum atomic E-state index is 0.158. The monoisotopic (exact) mass is 166 g/mol. The summed E-state index contributed by atoms with van der Waals surface area (Å²) in [6.07, 6.45) is 6.21. The van der Waals surface area contributed by atoms with Gasteiger partial charge in [-0.25, -0.2) is 4.99 Å². The Hall–Kier alpha value is -1.51. The predicted octanol–water partition coefficient (Wildman–Crippen LogP) is 2.11. The fraction of sp³-hybridized carbons (Fsp3) is 0.222. The van der Waals surface area contributed by atoms with Gasteiger partial charge in [-0.1, -0.05) is 12.7 Å². The van der Waals surface area contributed by atoms with Crippen LogP contribution in [0, 0.1) is 0 Å². The van der Waals surface area contributed by atoms with E-state index in [9.17, 15) is 0 Å². The van der Waals surface area contributed by atoms with Crippen LogP contribution in [0.25, 0.3) is 0 Å². The molecule has 12 heavy (non-hydrogen) atoms. The highest BCUT2D eigenvalue weighted by molar-refractivity contribution is 5.57. The van der Waals surface area contributed by atoms with Gasteiger partial charge < -0.3 is 10.4 Å². The van der Waals surface area contributed by atoms with Crippen LogP contribution in [0.3, 0.4) is 0 Å². The molecule has 0 aromatic heterocycles. The second-order valence-corrected chi connectivity index (χ2v) is 2.23. The smallest absolute Gasteiger partial charge is 0.131 e. The molecule has 0 heterocycles. The van der Waals surface area contributed by atoms with Crippen molar-refractivity contribution in [2.75, 3.05) is 0 Å². The first-order valence-corrected chi connectivity index (χ1v) is 3.62. The van der Waals surface area contributed by atoms with Crippen molar-refractivity contribution in [1.82, 2.24) is 5.32 Å². The van der Waals surface area contributed by atoms with Crippen LogP contribution < -0.4 is 5.32 Å². The Balaban J connectivity index is 3.81. The zero-order chi connectivity index (χ0) is 9.40. The van der Waals surface area contributed by atoms with Crippen molar-refractivity contribution in [3.63, 3.8) is 0 Å². The Labute approximate surface area is 72.8 Å². The van der Waals surface area contributed by atoms with Crippen molar-refractivity contribution in [2.24, 2.45) is 4.99 Å². The number of nitrogens with zero attached hydrogens (tertiary/aromatic N) is 1. The zero-order valence-electron chi connectivity index (χ0n) is 7.41. The summed E-state index contributed by atoms with van der Waals surface area (Å²) in [5.41, 5.74) is 0.710. The molecule has 0 rings (SSSR count). The van der Waals surface area contributed by atoms with Crippen LogP contribution in [0.4, 0.5) is 0 Å². The molecule has 3 heteroatoms. The van der Waals surface area contributed by atoms with Crippen molar-refractivity contribution in [3.8, 4) is 0 Å². The number of hydrogen-bond acceptors (Lipinski definition) is 2. The summed E-state index contributed by atoms with van der Waals surface area (Å²) in [5.74, 6) is 0.158. The lowest BCUT2D eigenvalue weighted by Crippen LogP contribution is -2.01. The van der Waals surface area contributed by atoms with Gasteiger partial charge in [-0.2, -0.15) is 0 Å². The van der Waals surface area contributed by atoms with E-state index in [-0.39, 0.29) is 5.76 Å². The van der Waals surface area contributed by atoms with E-state index in [0.717, 1.165) is 0 Å². The van der Waals surface area contributed by atoms with E-state index in [4.69, 9.17) is 5.11 Å². The van der Waals surface area contributed by atoms with Crippen molar-refractivity contribution < 1.29 is 5.11 Å². The van der Waals surface area contributed by atoms with Gasteiger partial charge in [0.15, 0.2) is 0 Å². The maximum atomic E-state index is 9.04. The molecule has 3 nitrogen and oxygen atoms in total. The van der Waals surface area contributed by atoms with Crippen LogP contribution in [0.15, 0.2) is 41.4 Å². The van der Waals surface area contributed by atoms with E-state index in [1.54, 1.807) is 19.1 Å². The van der Waals surface area contributed by atoms with Crippen molar-refractivity contribution >= 4 is 6.34 Å². The third-order valence-corrected chi connectivity index (χ3v) is 0.928. The van der Waals surface area contributed by atoms with Crippen LogP contribution in [0.5, 0.6) is 0 Å². The maximum absolute atomic E-state index is 9.04. The number of aliphatic hydroxyl groups is 1. The molecule has 0 aliphatic rings. The first kappa shape index (κ1) is 10.5. The lowest BCUT2D eigenvalue weighted by Gasteiger charge is -1.91. The van der Waals surface area contributed by atoms with Gasteiger partial charge in [0.05, 0.1) is 6.34 Å². The van der Waals surface area contributed by atoms with Crippen LogP contribution in [-0.4, -0.2) is 11.4 Å². The summed E-state index contributed by atoms with van der Waals surface area (Å²) in [7, 11) is 0. The Morgan fingerprint density at radius 1 is 1.58 bits per heavy atom. The minimum Gasteiger partial charge on any atom is -0.506 e. The molecule has 0 saturated carbocycles. The second-order valence-electron chi connectivity index (χ2n) is 2.23. The molecule has 0 aromatic carbocycles. The fourth-order valence-corrected chi connectivity index (χ4v) is 0.489. The average Bonchev–Trinajstić information content (AvgIpc) is 1.98. The lowest BCUT2D eigenvalue weighted by molar-refractivity contribution is 0.429. The van der Waals surface area contributed by atoms with Crippen molar-refractivity contribution in [1.29, 1.82) is 0 Å². The SMILES string of the molecule is C=C(C)/N=C\N/C=C(O)\C=C/C. The Morgan fingerprint density at radius 2 is 2.25 bits per heavy atom. The molecule has 0 saturated heterocycles. The van der Waals surface area contributed by atoms with E-state index < -0.39 is 0 Å². The molecule has 0 aromatic rings. The Bertz CT molecular complexity index is 227. The third-order valence-electron chi connectivity index (χ3n) is 0.928. The number of aliphatic hydroxyl groups excluding tert-OH is 1. The van der Waals surface area contributed by atoms with E-state index in [2.05, 4.69) is 16.9 Å². The molecule has 0 aliphatic carbocycles. The van der Waals surface area contributed by atoms with E-state index in [1.165, 1.54) is 12.5 Å². The summed E-state index contributed by atoms with van der Waals surface area (Å²) in [5, 5.41) is 11.7. The van der Waals surface area contributed by atoms with Gasteiger partial charge in [0, 0.05) is 11.9 Å². The largest absolute Gasteiger partial charge is 0.506 e. The molecule has 0 bridgehead atoms. The van der Waals surface area contributed by atoms with Gasteiger partial charge >= 0.3 is 0 Å². The molecule has 0 unspecified atom stereocenters. The zero-order valence-corrected chi connectivity index (χ0v) is 7.41. The van der Waals surface area contributed by atoms with Gasteiger partial charge in [0.1, 0.15) is 5.76 Å². The first-order chi connectivity index (χ1) is 5.66. The number of nitrogens with one attached hydrogen (secondary N) is 1. The molecule has 0 amide bonds. The molecule has 0 atom stereocenters. The molecule has 0 aliphatic heterocycles. The normalized spacial score (nSPS) is 12.7. The number of aliphatic imine (C=N–C) groups is 1. The lowest BCUT2D eigenvalue weighted by atomic mass is 10.4. The van der Waals surface area contributed by atoms with Crippen LogP contribution in [-0.2, 0) is 0 Å². The minimum absolute atomic E-state index is 0.158. The average molecular weight is 166 g/mol. The molecular formula is C9H14N2O. The number of allylic oxidation sites excluding steroid dienone is 3. The summed E-state index contributed by atoms with van der Waals surface area (Å²) in [6.45, 7) is 7.18. The van der Waals surface area contributed by atoms with Crippen molar-refractivity contribution in [3.05, 3.63) is 36.4 Å². The summed E-state index contributed by atoms with van der Waals surface area (Å²) >= 11 is 0. The van der Waals surface area contributed by atoms with Gasteiger partial charge in [-0.15, -0.1) is 0 Å². The van der Waals surface area contributed by atoms with Crippen LogP contribution in [0.1, 0.15) is 13.8 Å². The fourth-order valence-electron chi connectivity index (χ4n) is 0.489. The number of hydrogen-bond donors (Lipinski definition) is 2. The highest BCUT2D eigenvalue weighted by Gasteiger charge is 1.79. The summed E-state index contributed by atoms with van der Waals surface area (Å²) in [6, 6.07) is 0. The van der Waals surface area contributed by atoms with Crippen LogP contribution >= 0.6 is 0 Å². The first-order valence-electron chi connectivity index (χ1n) is 3.62. The second kappa shape index (κ2) is 6.22. The van der Waals surface area contributed by atoms with Gasteiger partial charge in [-0.05, 0) is 19.9 Å². The standard InChI is InChI=1S/C9H14N2O/c1-4-5-9(12)6-10-7-11-8(2)3/h4-7,12H,2H2,1,3H3,(H,10,11)/b5-4-,9-6+. The molecule has 0 fully saturated rings. The highest BCUT2D eigenvalue weighted by Crippen LogP contribution is 1.87. The van der Waals surface area contributed by atoms with Gasteiger partial charge in [0.25, 0.3) is 0 Å². The maximum Gasteiger partial charge on any atom is 0.131 e. The number of rotatable bonds is 4. The summed E-state index contributed by atoms with van der Waals surface area (Å²) in [4.78, 5) is 3.85. The van der Waals surface area contributed by atoms with Crippen LogP contribution in [0.2, 0.25) is 0 Å². The van der Waals surface area contributed by atoms with E-state index >= 15 is 0 Å². The highest BCUT2D eigenvalue weighted by atomic mass is 16.3. The quantitative estimate of drug-likeness (QED) is 0.291. The molecule has 2 N–H and O–H groups in total. The molecule has 66 valence electrons. The molecule has 0 radical (unpaired) electrons. The Morgan fingerprint density at radius 3 is 2.75 bits per heavy atom. The van der Waals surface area contributed by atoms with E-state index in [1.807, 2.05) is 6.92 Å². The third kappa shape index (κ3) is 6.61. The van der Waals surface area contributed by atoms with Gasteiger partial charge in [0.2, 0.25) is 0 Å². The molecule has 0 spiro atoms.